The van der Waals surface area contributed by atoms with Crippen LogP contribution >= 0.6 is 23.2 Å². The molecule has 0 aliphatic heterocycles. The van der Waals surface area contributed by atoms with E-state index in [4.69, 9.17) is 45.0 Å². The molecule has 0 fully saturated rings. The number of hydrogen-bond acceptors (Lipinski definition) is 7. The molecule has 0 unspecified atom stereocenters. The number of nitrogens with two attached hydrogens (primary N) is 2. The number of aliphatic hydroxyl groups is 2. The highest BCUT2D eigenvalue weighted by atomic mass is 35.5. The molecule has 0 spiro atoms. The minimum absolute atomic E-state index is 0.0694. The third-order valence-corrected chi connectivity index (χ3v) is 5.13. The third kappa shape index (κ3) is 4.44. The van der Waals surface area contributed by atoms with Crippen LogP contribution in [0.3, 0.4) is 0 Å². The van der Waals surface area contributed by atoms with E-state index in [1.54, 1.807) is 23.0 Å². The van der Waals surface area contributed by atoms with Crippen LogP contribution in [0.5, 0.6) is 0 Å². The second-order valence-electron chi connectivity index (χ2n) is 6.36. The van der Waals surface area contributed by atoms with Crippen LogP contribution in [0.15, 0.2) is 30.9 Å². The molecule has 0 amide bonds. The summed E-state index contributed by atoms with van der Waals surface area (Å²) in [5.74, 6) is 6.14. The molecule has 156 valence electrons. The zero-order valence-electron chi connectivity index (χ0n) is 15.6. The predicted octanol–water partition coefficient (Wildman–Crippen LogP) is 2.02. The van der Waals surface area contributed by atoms with E-state index in [-0.39, 0.29) is 19.8 Å². The van der Waals surface area contributed by atoms with Gasteiger partial charge in [-0.3, -0.25) is 9.67 Å². The number of nitrogens with one attached hydrogen (secondary N) is 2. The molecule has 0 saturated heterocycles. The number of nitrogens with zero attached hydrogens (tertiary/aromatic N) is 3. The summed E-state index contributed by atoms with van der Waals surface area (Å²) < 4.78 is 1.69. The van der Waals surface area contributed by atoms with Crippen molar-refractivity contribution in [2.24, 2.45) is 11.6 Å². The van der Waals surface area contributed by atoms with Gasteiger partial charge in [0.1, 0.15) is 5.82 Å². The van der Waals surface area contributed by atoms with Crippen LogP contribution in [-0.4, -0.2) is 56.3 Å². The smallest absolute Gasteiger partial charge is 0.125 e. The van der Waals surface area contributed by atoms with E-state index in [1.807, 2.05) is 6.20 Å². The lowest BCUT2D eigenvalue weighted by Crippen LogP contribution is -2.29. The van der Waals surface area contributed by atoms with Gasteiger partial charge in [0.25, 0.3) is 0 Å². The minimum atomic E-state index is -0.113. The van der Waals surface area contributed by atoms with Gasteiger partial charge in [-0.25, -0.2) is 5.84 Å². The number of H-pyrrole nitrogens is 1. The quantitative estimate of drug-likeness (QED) is 0.170. The summed E-state index contributed by atoms with van der Waals surface area (Å²) in [5, 5.41) is 31.1. The van der Waals surface area contributed by atoms with Crippen LogP contribution < -0.4 is 16.9 Å². The van der Waals surface area contributed by atoms with Crippen molar-refractivity contribution in [3.63, 3.8) is 0 Å². The number of hydrazine groups is 1. The predicted molar refractivity (Wildman–Crippen MR) is 116 cm³/mol. The SMILES string of the molecule is N/C(=C\N(N)CCO)n1cc(-c2cn[nH]c2)c2c(NCCCO)cc(Cl)c(Cl)c21. The van der Waals surface area contributed by atoms with Gasteiger partial charge in [0.15, 0.2) is 0 Å². The number of aromatic amines is 1. The fraction of sp³-hybridized carbons (Fsp3) is 0.278. The van der Waals surface area contributed by atoms with Crippen molar-refractivity contribution >= 4 is 45.6 Å². The number of anilines is 1. The second kappa shape index (κ2) is 9.38. The molecule has 9 nitrogen and oxygen atoms in total. The van der Waals surface area contributed by atoms with E-state index in [9.17, 15) is 0 Å². The Balaban J connectivity index is 2.24. The number of rotatable bonds is 9. The maximum absolute atomic E-state index is 9.10. The lowest BCUT2D eigenvalue weighted by molar-refractivity contribution is 0.239. The van der Waals surface area contributed by atoms with Crippen LogP contribution in [-0.2, 0) is 0 Å². The van der Waals surface area contributed by atoms with Crippen LogP contribution in [0.25, 0.3) is 27.9 Å². The van der Waals surface area contributed by atoms with Crippen molar-refractivity contribution in [2.45, 2.75) is 6.42 Å². The van der Waals surface area contributed by atoms with E-state index in [0.29, 0.717) is 34.3 Å². The van der Waals surface area contributed by atoms with Gasteiger partial charge < -0.3 is 26.3 Å². The Morgan fingerprint density at radius 2 is 2.14 bits per heavy atom. The fourth-order valence-corrected chi connectivity index (χ4v) is 3.48. The molecule has 0 radical (unpaired) electrons. The van der Waals surface area contributed by atoms with Crippen molar-refractivity contribution in [1.29, 1.82) is 0 Å². The lowest BCUT2D eigenvalue weighted by atomic mass is 10.1. The van der Waals surface area contributed by atoms with Crippen molar-refractivity contribution in [3.05, 3.63) is 40.9 Å². The monoisotopic (exact) mass is 439 g/mol. The Morgan fingerprint density at radius 1 is 1.34 bits per heavy atom. The van der Waals surface area contributed by atoms with Gasteiger partial charge in [-0.1, -0.05) is 23.2 Å². The van der Waals surface area contributed by atoms with E-state index in [1.165, 1.54) is 11.2 Å². The molecule has 0 saturated carbocycles. The summed E-state index contributed by atoms with van der Waals surface area (Å²) in [5.41, 5.74) is 9.32. The maximum Gasteiger partial charge on any atom is 0.125 e. The molecule has 11 heteroatoms. The summed E-state index contributed by atoms with van der Waals surface area (Å²) >= 11 is 13.0. The van der Waals surface area contributed by atoms with Gasteiger partial charge >= 0.3 is 0 Å². The van der Waals surface area contributed by atoms with Gasteiger partial charge in [-0.15, -0.1) is 0 Å². The van der Waals surface area contributed by atoms with E-state index >= 15 is 0 Å². The van der Waals surface area contributed by atoms with E-state index in [0.717, 1.165) is 22.2 Å². The first-order chi connectivity index (χ1) is 14.0. The Hall–Kier alpha value is -2.43. The molecule has 0 aliphatic carbocycles. The van der Waals surface area contributed by atoms with Crippen molar-refractivity contribution in [2.75, 3.05) is 31.6 Å². The second-order valence-corrected chi connectivity index (χ2v) is 7.15. The first-order valence-electron chi connectivity index (χ1n) is 8.94. The number of aliphatic hydroxyl groups excluding tert-OH is 2. The van der Waals surface area contributed by atoms with Crippen molar-refractivity contribution in [3.8, 4) is 11.1 Å². The highest BCUT2D eigenvalue weighted by Gasteiger charge is 2.21. The molecule has 29 heavy (non-hydrogen) atoms. The zero-order chi connectivity index (χ0) is 21.0. The lowest BCUT2D eigenvalue weighted by Gasteiger charge is -2.15. The van der Waals surface area contributed by atoms with Crippen molar-refractivity contribution < 1.29 is 10.2 Å². The number of halogens is 2. The average Bonchev–Trinajstić information content (AvgIpc) is 3.33. The molecular weight excluding hydrogens is 417 g/mol. The molecule has 2 heterocycles. The Morgan fingerprint density at radius 3 is 2.79 bits per heavy atom. The number of aromatic nitrogens is 3. The molecule has 1 aromatic carbocycles. The summed E-state index contributed by atoms with van der Waals surface area (Å²) in [7, 11) is 0. The molecular formula is C18H23Cl2N7O2. The van der Waals surface area contributed by atoms with Crippen LogP contribution in [0.1, 0.15) is 6.42 Å². The molecule has 3 rings (SSSR count). The van der Waals surface area contributed by atoms with Gasteiger partial charge in [0.05, 0.1) is 41.1 Å². The van der Waals surface area contributed by atoms with Gasteiger partial charge in [0, 0.05) is 47.7 Å². The van der Waals surface area contributed by atoms with E-state index in [2.05, 4.69) is 15.5 Å². The molecule has 0 aliphatic rings. The van der Waals surface area contributed by atoms with Crippen molar-refractivity contribution in [1.82, 2.24) is 19.8 Å². The number of benzene rings is 1. The molecule has 0 atom stereocenters. The molecule has 2 aromatic heterocycles. The standard InChI is InChI=1S/C18H23Cl2N7O2/c19-13-6-14(23-2-1-4-28)16-12(11-7-24-25-8-11)9-27(18(16)17(13)20)15(21)10-26(22)3-5-29/h6-10,23,28-29H,1-5,21-22H2,(H,24,25)/b15-10+. The van der Waals surface area contributed by atoms with E-state index < -0.39 is 0 Å². The first-order valence-corrected chi connectivity index (χ1v) is 9.70. The summed E-state index contributed by atoms with van der Waals surface area (Å²) in [6.45, 7) is 0.730. The van der Waals surface area contributed by atoms with Gasteiger partial charge in [0.2, 0.25) is 0 Å². The number of hydrogen-bond donors (Lipinski definition) is 6. The minimum Gasteiger partial charge on any atom is -0.396 e. The van der Waals surface area contributed by atoms with Crippen LogP contribution in [0.2, 0.25) is 10.0 Å². The normalized spacial score (nSPS) is 12.0. The third-order valence-electron chi connectivity index (χ3n) is 4.36. The Labute approximate surface area is 177 Å². The maximum atomic E-state index is 9.10. The highest BCUT2D eigenvalue weighted by Crippen LogP contribution is 2.43. The van der Waals surface area contributed by atoms with Crippen LogP contribution in [0.4, 0.5) is 5.69 Å². The Bertz CT molecular complexity index is 1000. The molecule has 0 bridgehead atoms. The largest absolute Gasteiger partial charge is 0.396 e. The van der Waals surface area contributed by atoms with Crippen LogP contribution in [0, 0.1) is 0 Å². The first kappa shape index (κ1) is 21.3. The summed E-state index contributed by atoms with van der Waals surface area (Å²) in [4.78, 5) is 0. The zero-order valence-corrected chi connectivity index (χ0v) is 17.1. The summed E-state index contributed by atoms with van der Waals surface area (Å²) in [6, 6.07) is 1.75. The summed E-state index contributed by atoms with van der Waals surface area (Å²) in [6.07, 6.45) is 7.37. The number of fused-ring (bicyclic) bond motifs is 1. The highest BCUT2D eigenvalue weighted by molar-refractivity contribution is 6.46. The fourth-order valence-electron chi connectivity index (χ4n) is 3.04. The van der Waals surface area contributed by atoms with Gasteiger partial charge in [-0.2, -0.15) is 5.10 Å². The molecule has 8 N–H and O–H groups in total. The van der Waals surface area contributed by atoms with Gasteiger partial charge in [-0.05, 0) is 12.5 Å². The Kier molecular flexibility index (Phi) is 6.88. The topological polar surface area (TPSA) is 141 Å². The average molecular weight is 440 g/mol. The molecule has 3 aromatic rings.